The quantitative estimate of drug-likeness (QED) is 0.771. The van der Waals surface area contributed by atoms with E-state index in [1.807, 2.05) is 76.2 Å². The van der Waals surface area contributed by atoms with Gasteiger partial charge in [-0.2, -0.15) is 0 Å². The van der Waals surface area contributed by atoms with Gasteiger partial charge in [-0.25, -0.2) is 0 Å². The van der Waals surface area contributed by atoms with Crippen LogP contribution in [0.5, 0.6) is 5.75 Å². The Morgan fingerprint density at radius 3 is 2.25 bits per heavy atom. The Hall–Kier alpha value is -2.09. The Labute approximate surface area is 120 Å². The topological polar surface area (TPSA) is 26.3 Å². The molecule has 2 aromatic carbocycles. The predicted molar refractivity (Wildman–Crippen MR) is 81.4 cm³/mol. The van der Waals surface area contributed by atoms with E-state index in [0.717, 1.165) is 5.56 Å². The second kappa shape index (κ2) is 5.49. The number of hydrogen-bond donors (Lipinski definition) is 0. The highest BCUT2D eigenvalue weighted by molar-refractivity contribution is 6.10. The van der Waals surface area contributed by atoms with Crippen molar-refractivity contribution in [1.29, 1.82) is 0 Å². The smallest absolute Gasteiger partial charge is 0.196 e. The molecule has 0 aliphatic heterocycles. The summed E-state index contributed by atoms with van der Waals surface area (Å²) in [5, 5.41) is 0. The second-order valence-corrected chi connectivity index (χ2v) is 5.91. The highest BCUT2D eigenvalue weighted by atomic mass is 16.5. The van der Waals surface area contributed by atoms with E-state index in [2.05, 4.69) is 0 Å². The lowest BCUT2D eigenvalue weighted by molar-refractivity contribution is 0.101. The van der Waals surface area contributed by atoms with E-state index < -0.39 is 0 Å². The zero-order valence-corrected chi connectivity index (χ0v) is 12.4. The summed E-state index contributed by atoms with van der Waals surface area (Å²) in [4.78, 5) is 12.6. The number of ketones is 1. The van der Waals surface area contributed by atoms with Crippen LogP contribution in [0, 0.1) is 6.92 Å². The summed E-state index contributed by atoms with van der Waals surface area (Å²) in [6, 6.07) is 15.0. The van der Waals surface area contributed by atoms with Crippen LogP contribution in [0.3, 0.4) is 0 Å². The maximum Gasteiger partial charge on any atom is 0.196 e. The summed E-state index contributed by atoms with van der Waals surface area (Å²) in [5.41, 5.74) is 2.01. The van der Waals surface area contributed by atoms with Gasteiger partial charge in [0, 0.05) is 5.56 Å². The van der Waals surface area contributed by atoms with E-state index in [1.165, 1.54) is 0 Å². The summed E-state index contributed by atoms with van der Waals surface area (Å²) < 4.78 is 5.91. The molecule has 0 heterocycles. The molecule has 2 heteroatoms. The van der Waals surface area contributed by atoms with Crippen LogP contribution in [0.2, 0.25) is 0 Å². The van der Waals surface area contributed by atoms with Crippen LogP contribution in [-0.4, -0.2) is 11.4 Å². The van der Waals surface area contributed by atoms with Gasteiger partial charge in [0.2, 0.25) is 0 Å². The Kier molecular flexibility index (Phi) is 3.93. The van der Waals surface area contributed by atoms with Crippen molar-refractivity contribution >= 4 is 5.78 Å². The van der Waals surface area contributed by atoms with Crippen molar-refractivity contribution < 1.29 is 9.53 Å². The van der Waals surface area contributed by atoms with Crippen LogP contribution in [0.4, 0.5) is 0 Å². The molecule has 0 aromatic heterocycles. The van der Waals surface area contributed by atoms with Crippen molar-refractivity contribution in [3.05, 3.63) is 65.2 Å². The number of aryl methyl sites for hydroxylation is 1. The maximum atomic E-state index is 12.6. The first-order valence-corrected chi connectivity index (χ1v) is 6.76. The standard InChI is InChI=1S/C18H20O2/c1-13-10-11-16(20-18(2,3)4)15(12-13)17(19)14-8-6-5-7-9-14/h5-12H,1-4H3. The summed E-state index contributed by atoms with van der Waals surface area (Å²) in [7, 11) is 0. The van der Waals surface area contributed by atoms with E-state index in [0.29, 0.717) is 16.9 Å². The number of carbonyl (C=O) groups excluding carboxylic acids is 1. The lowest BCUT2D eigenvalue weighted by Gasteiger charge is -2.23. The minimum absolute atomic E-state index is 0.00597. The van der Waals surface area contributed by atoms with E-state index in [-0.39, 0.29) is 11.4 Å². The third-order valence-electron chi connectivity index (χ3n) is 2.83. The molecule has 0 saturated heterocycles. The molecule has 0 aliphatic rings. The number of benzene rings is 2. The van der Waals surface area contributed by atoms with Gasteiger partial charge in [0.25, 0.3) is 0 Å². The summed E-state index contributed by atoms with van der Waals surface area (Å²) in [5.74, 6) is 0.630. The van der Waals surface area contributed by atoms with Gasteiger partial charge in [0.05, 0.1) is 5.56 Å². The van der Waals surface area contributed by atoms with Crippen LogP contribution in [0.1, 0.15) is 42.3 Å². The van der Waals surface area contributed by atoms with Gasteiger partial charge in [-0.05, 0) is 39.8 Å². The molecular weight excluding hydrogens is 248 g/mol. The molecule has 0 radical (unpaired) electrons. The van der Waals surface area contributed by atoms with Crippen molar-refractivity contribution in [2.45, 2.75) is 33.3 Å². The summed E-state index contributed by atoms with van der Waals surface area (Å²) in [6.07, 6.45) is 0. The first-order valence-electron chi connectivity index (χ1n) is 6.76. The van der Waals surface area contributed by atoms with E-state index >= 15 is 0 Å². The highest BCUT2D eigenvalue weighted by Crippen LogP contribution is 2.26. The molecule has 0 aliphatic carbocycles. The highest BCUT2D eigenvalue weighted by Gasteiger charge is 2.19. The zero-order valence-electron chi connectivity index (χ0n) is 12.4. The number of hydrogen-bond acceptors (Lipinski definition) is 2. The fourth-order valence-electron chi connectivity index (χ4n) is 1.99. The van der Waals surface area contributed by atoms with Crippen molar-refractivity contribution in [3.63, 3.8) is 0 Å². The Bertz CT molecular complexity index is 607. The monoisotopic (exact) mass is 268 g/mol. The lowest BCUT2D eigenvalue weighted by Crippen LogP contribution is -2.24. The Morgan fingerprint density at radius 1 is 1.00 bits per heavy atom. The Morgan fingerprint density at radius 2 is 1.65 bits per heavy atom. The number of ether oxygens (including phenoxy) is 1. The summed E-state index contributed by atoms with van der Waals surface area (Å²) >= 11 is 0. The SMILES string of the molecule is Cc1ccc(OC(C)(C)C)c(C(=O)c2ccccc2)c1. The molecule has 20 heavy (non-hydrogen) atoms. The van der Waals surface area contributed by atoms with Crippen LogP contribution in [0.25, 0.3) is 0 Å². The third-order valence-corrected chi connectivity index (χ3v) is 2.83. The largest absolute Gasteiger partial charge is 0.487 e. The predicted octanol–water partition coefficient (Wildman–Crippen LogP) is 4.40. The summed E-state index contributed by atoms with van der Waals surface area (Å²) in [6.45, 7) is 7.90. The van der Waals surface area contributed by atoms with Crippen molar-refractivity contribution in [1.82, 2.24) is 0 Å². The average Bonchev–Trinajstić information content (AvgIpc) is 2.39. The molecule has 0 amide bonds. The minimum Gasteiger partial charge on any atom is -0.487 e. The first kappa shape index (κ1) is 14.3. The molecule has 2 nitrogen and oxygen atoms in total. The maximum absolute atomic E-state index is 12.6. The molecule has 0 N–H and O–H groups in total. The zero-order chi connectivity index (χ0) is 14.8. The molecule has 104 valence electrons. The van der Waals surface area contributed by atoms with Gasteiger partial charge >= 0.3 is 0 Å². The molecule has 0 atom stereocenters. The molecule has 0 fully saturated rings. The fraction of sp³-hybridized carbons (Fsp3) is 0.278. The van der Waals surface area contributed by atoms with Crippen LogP contribution in [0.15, 0.2) is 48.5 Å². The van der Waals surface area contributed by atoms with Crippen molar-refractivity contribution in [2.75, 3.05) is 0 Å². The van der Waals surface area contributed by atoms with Crippen LogP contribution in [-0.2, 0) is 0 Å². The second-order valence-electron chi connectivity index (χ2n) is 5.91. The van der Waals surface area contributed by atoms with Crippen LogP contribution < -0.4 is 4.74 Å². The van der Waals surface area contributed by atoms with Crippen molar-refractivity contribution in [2.24, 2.45) is 0 Å². The van der Waals surface area contributed by atoms with Crippen molar-refractivity contribution in [3.8, 4) is 5.75 Å². The molecule has 0 saturated carbocycles. The van der Waals surface area contributed by atoms with Gasteiger partial charge in [-0.15, -0.1) is 0 Å². The lowest BCUT2D eigenvalue weighted by atomic mass is 10.0. The fourth-order valence-corrected chi connectivity index (χ4v) is 1.99. The molecule has 0 unspecified atom stereocenters. The average molecular weight is 268 g/mol. The van der Waals surface area contributed by atoms with E-state index in [1.54, 1.807) is 0 Å². The van der Waals surface area contributed by atoms with Crippen LogP contribution >= 0.6 is 0 Å². The first-order chi connectivity index (χ1) is 9.37. The van der Waals surface area contributed by atoms with Gasteiger partial charge in [0.15, 0.2) is 5.78 Å². The van der Waals surface area contributed by atoms with Gasteiger partial charge in [-0.3, -0.25) is 4.79 Å². The molecule has 2 rings (SSSR count). The van der Waals surface area contributed by atoms with Gasteiger partial charge in [-0.1, -0.05) is 42.0 Å². The molecule has 2 aromatic rings. The minimum atomic E-state index is -0.332. The third kappa shape index (κ3) is 3.47. The van der Waals surface area contributed by atoms with Gasteiger partial charge in [0.1, 0.15) is 11.4 Å². The normalized spacial score (nSPS) is 11.2. The molecular formula is C18H20O2. The molecule has 0 spiro atoms. The Balaban J connectivity index is 2.44. The van der Waals surface area contributed by atoms with Gasteiger partial charge < -0.3 is 4.74 Å². The number of rotatable bonds is 3. The molecule has 0 bridgehead atoms. The van der Waals surface area contributed by atoms with E-state index in [9.17, 15) is 4.79 Å². The van der Waals surface area contributed by atoms with E-state index in [4.69, 9.17) is 4.74 Å². The number of carbonyl (C=O) groups is 1.